The molecule has 0 aromatic heterocycles. The zero-order chi connectivity index (χ0) is 21.6. The highest BCUT2D eigenvalue weighted by atomic mass is 35.5. The fourth-order valence-electron chi connectivity index (χ4n) is 3.49. The van der Waals surface area contributed by atoms with Crippen molar-refractivity contribution in [3.8, 4) is 0 Å². The molecular formula is C21H29Cl2N3O3. The topological polar surface area (TPSA) is 78.5 Å². The maximum atomic E-state index is 12.5. The van der Waals surface area contributed by atoms with Crippen LogP contribution >= 0.6 is 23.2 Å². The van der Waals surface area contributed by atoms with Crippen molar-refractivity contribution >= 4 is 40.9 Å². The zero-order valence-electron chi connectivity index (χ0n) is 17.1. The van der Waals surface area contributed by atoms with Gasteiger partial charge in [-0.25, -0.2) is 0 Å². The monoisotopic (exact) mass is 441 g/mol. The Morgan fingerprint density at radius 2 is 1.76 bits per heavy atom. The second kappa shape index (κ2) is 10.8. The molecule has 1 saturated heterocycles. The minimum atomic E-state index is -0.721. The largest absolute Gasteiger partial charge is 0.351 e. The number of likely N-dealkylation sites (tertiary alicyclic amines) is 1. The third-order valence-corrected chi connectivity index (χ3v) is 6.24. The van der Waals surface area contributed by atoms with Crippen LogP contribution in [0.25, 0.3) is 0 Å². The Hall–Kier alpha value is -1.79. The van der Waals surface area contributed by atoms with Gasteiger partial charge in [0.1, 0.15) is 6.04 Å². The summed E-state index contributed by atoms with van der Waals surface area (Å²) in [6.45, 7) is 6.96. The predicted molar refractivity (Wildman–Crippen MR) is 115 cm³/mol. The second-order valence-electron chi connectivity index (χ2n) is 7.42. The lowest BCUT2D eigenvalue weighted by Gasteiger charge is -2.34. The number of hydrogen-bond donors (Lipinski definition) is 2. The quantitative estimate of drug-likeness (QED) is 0.677. The van der Waals surface area contributed by atoms with Gasteiger partial charge in [0.25, 0.3) is 5.91 Å². The summed E-state index contributed by atoms with van der Waals surface area (Å²) in [4.78, 5) is 39.2. The van der Waals surface area contributed by atoms with Crippen LogP contribution in [0.15, 0.2) is 18.2 Å². The third kappa shape index (κ3) is 6.09. The molecule has 1 fully saturated rings. The highest BCUT2D eigenvalue weighted by molar-refractivity contribution is 6.43. The van der Waals surface area contributed by atoms with Gasteiger partial charge in [-0.2, -0.15) is 0 Å². The van der Waals surface area contributed by atoms with Crippen LogP contribution in [0.2, 0.25) is 10.0 Å². The van der Waals surface area contributed by atoms with Gasteiger partial charge >= 0.3 is 0 Å². The predicted octanol–water partition coefficient (Wildman–Crippen LogP) is 3.66. The van der Waals surface area contributed by atoms with Gasteiger partial charge < -0.3 is 15.5 Å². The molecule has 2 N–H and O–H groups in total. The number of nitrogens with zero attached hydrogens (tertiary/aromatic N) is 1. The van der Waals surface area contributed by atoms with Crippen molar-refractivity contribution < 1.29 is 14.4 Å². The lowest BCUT2D eigenvalue weighted by molar-refractivity contribution is -0.137. The number of amides is 3. The van der Waals surface area contributed by atoms with E-state index < -0.39 is 11.9 Å². The summed E-state index contributed by atoms with van der Waals surface area (Å²) in [5.41, 5.74) is 0.229. The maximum absolute atomic E-state index is 12.5. The summed E-state index contributed by atoms with van der Waals surface area (Å²) in [5, 5.41) is 6.06. The molecule has 1 aromatic carbocycles. The van der Waals surface area contributed by atoms with Crippen LogP contribution in [0.1, 0.15) is 56.8 Å². The van der Waals surface area contributed by atoms with Gasteiger partial charge in [0.05, 0.1) is 15.6 Å². The maximum Gasteiger partial charge on any atom is 0.253 e. The molecule has 0 saturated carbocycles. The Kier molecular flexibility index (Phi) is 8.78. The molecule has 3 amide bonds. The summed E-state index contributed by atoms with van der Waals surface area (Å²) in [6, 6.07) is 4.05. The van der Waals surface area contributed by atoms with Crippen molar-refractivity contribution in [2.24, 2.45) is 5.92 Å². The minimum Gasteiger partial charge on any atom is -0.351 e. The van der Waals surface area contributed by atoms with Gasteiger partial charge in [-0.1, -0.05) is 43.1 Å². The van der Waals surface area contributed by atoms with Gasteiger partial charge in [-0.05, 0) is 44.7 Å². The van der Waals surface area contributed by atoms with E-state index in [0.717, 1.165) is 12.8 Å². The molecule has 1 unspecified atom stereocenters. The molecule has 8 heteroatoms. The van der Waals surface area contributed by atoms with Crippen molar-refractivity contribution in [2.45, 2.75) is 58.5 Å². The number of halogens is 2. The first-order valence-corrected chi connectivity index (χ1v) is 10.9. The average Bonchev–Trinajstić information content (AvgIpc) is 2.71. The third-order valence-electron chi connectivity index (χ3n) is 5.42. The molecule has 0 spiro atoms. The molecule has 0 bridgehead atoms. The van der Waals surface area contributed by atoms with Crippen LogP contribution in [0.5, 0.6) is 0 Å². The second-order valence-corrected chi connectivity index (χ2v) is 8.20. The first-order chi connectivity index (χ1) is 13.8. The van der Waals surface area contributed by atoms with Crippen LogP contribution in [0, 0.1) is 5.92 Å². The molecule has 1 aromatic rings. The number of hydrogen-bond acceptors (Lipinski definition) is 3. The molecule has 29 heavy (non-hydrogen) atoms. The lowest BCUT2D eigenvalue weighted by Crippen LogP contribution is -2.52. The smallest absolute Gasteiger partial charge is 0.253 e. The van der Waals surface area contributed by atoms with Crippen LogP contribution in [-0.4, -0.2) is 47.8 Å². The number of rotatable bonds is 7. The standard InChI is InChI=1S/C21H29Cl2N3O3/c1-4-14(5-2)21(29)26-11-9-15(10-12-26)25-19(27)13(3)24-20(28)16-7-6-8-17(22)18(16)23/h6-8,13-15H,4-5,9-12H2,1-3H3,(H,24,28)(H,25,27). The Morgan fingerprint density at radius 3 is 2.34 bits per heavy atom. The van der Waals surface area contributed by atoms with E-state index in [1.165, 1.54) is 0 Å². The van der Waals surface area contributed by atoms with E-state index in [9.17, 15) is 14.4 Å². The summed E-state index contributed by atoms with van der Waals surface area (Å²) in [5.74, 6) is -0.430. The minimum absolute atomic E-state index is 0.0117. The molecule has 0 radical (unpaired) electrons. The van der Waals surface area contributed by atoms with Crippen LogP contribution in [-0.2, 0) is 9.59 Å². The Morgan fingerprint density at radius 1 is 1.14 bits per heavy atom. The van der Waals surface area contributed by atoms with E-state index >= 15 is 0 Å². The van der Waals surface area contributed by atoms with Crippen molar-refractivity contribution in [1.82, 2.24) is 15.5 Å². The summed E-state index contributed by atoms with van der Waals surface area (Å²) in [7, 11) is 0. The van der Waals surface area contributed by atoms with Crippen molar-refractivity contribution in [3.05, 3.63) is 33.8 Å². The molecule has 2 rings (SSSR count). The fourth-order valence-corrected chi connectivity index (χ4v) is 3.87. The number of piperidine rings is 1. The Balaban J connectivity index is 1.84. The zero-order valence-corrected chi connectivity index (χ0v) is 18.6. The molecular weight excluding hydrogens is 413 g/mol. The van der Waals surface area contributed by atoms with Crippen LogP contribution in [0.3, 0.4) is 0 Å². The van der Waals surface area contributed by atoms with Crippen molar-refractivity contribution in [1.29, 1.82) is 0 Å². The van der Waals surface area contributed by atoms with Crippen LogP contribution < -0.4 is 10.6 Å². The molecule has 0 aliphatic carbocycles. The molecule has 1 heterocycles. The molecule has 1 aliphatic heterocycles. The van der Waals surface area contributed by atoms with Crippen molar-refractivity contribution in [3.63, 3.8) is 0 Å². The lowest BCUT2D eigenvalue weighted by atomic mass is 9.98. The molecule has 160 valence electrons. The van der Waals surface area contributed by atoms with E-state index in [0.29, 0.717) is 25.9 Å². The summed E-state index contributed by atoms with van der Waals surface area (Å²) < 4.78 is 0. The SMILES string of the molecule is CCC(CC)C(=O)N1CCC(NC(=O)C(C)NC(=O)c2cccc(Cl)c2Cl)CC1. The summed E-state index contributed by atoms with van der Waals surface area (Å²) >= 11 is 12.0. The molecule has 1 atom stereocenters. The Labute approximate surface area is 182 Å². The highest BCUT2D eigenvalue weighted by Gasteiger charge is 2.28. The van der Waals surface area contributed by atoms with E-state index in [1.54, 1.807) is 25.1 Å². The first kappa shape index (κ1) is 23.5. The Bertz CT molecular complexity index is 745. The number of benzene rings is 1. The number of carbonyl (C=O) groups excluding carboxylic acids is 3. The first-order valence-electron chi connectivity index (χ1n) is 10.1. The van der Waals surface area contributed by atoms with Crippen LogP contribution in [0.4, 0.5) is 0 Å². The summed E-state index contributed by atoms with van der Waals surface area (Å²) in [6.07, 6.45) is 3.11. The van der Waals surface area contributed by atoms with E-state index in [-0.39, 0.29) is 39.4 Å². The van der Waals surface area contributed by atoms with E-state index in [1.807, 2.05) is 18.7 Å². The normalized spacial score (nSPS) is 15.9. The number of nitrogens with one attached hydrogen (secondary N) is 2. The van der Waals surface area contributed by atoms with E-state index in [4.69, 9.17) is 23.2 Å². The van der Waals surface area contributed by atoms with Crippen molar-refractivity contribution in [2.75, 3.05) is 13.1 Å². The molecule has 1 aliphatic rings. The van der Waals surface area contributed by atoms with Gasteiger partial charge in [-0.3, -0.25) is 14.4 Å². The van der Waals surface area contributed by atoms with Gasteiger partial charge in [0.15, 0.2) is 0 Å². The highest BCUT2D eigenvalue weighted by Crippen LogP contribution is 2.25. The fraction of sp³-hybridized carbons (Fsp3) is 0.571. The number of carbonyl (C=O) groups is 3. The van der Waals surface area contributed by atoms with Gasteiger partial charge in [-0.15, -0.1) is 0 Å². The van der Waals surface area contributed by atoms with E-state index in [2.05, 4.69) is 10.6 Å². The van der Waals surface area contributed by atoms with Gasteiger partial charge in [0.2, 0.25) is 11.8 Å². The van der Waals surface area contributed by atoms with Gasteiger partial charge in [0, 0.05) is 25.0 Å². The average molecular weight is 442 g/mol. The molecule has 6 nitrogen and oxygen atoms in total.